The highest BCUT2D eigenvalue weighted by molar-refractivity contribution is 6.36. The van der Waals surface area contributed by atoms with Gasteiger partial charge in [-0.15, -0.1) is 0 Å². The first-order valence-electron chi connectivity index (χ1n) is 8.87. The molecule has 0 saturated carbocycles. The summed E-state index contributed by atoms with van der Waals surface area (Å²) in [5.41, 5.74) is 2.50. The smallest absolute Gasteiger partial charge is 0.238 e. The molecule has 0 bridgehead atoms. The number of oxazole rings is 1. The number of aromatic nitrogens is 1. The molecule has 0 fully saturated rings. The molecule has 1 heterocycles. The van der Waals surface area contributed by atoms with Crippen LogP contribution in [0.25, 0.3) is 22.7 Å². The standard InChI is InChI=1S/C23H13Cl2FN2O2/c24-17-10-15(9-16(12-27)23-28-20-6-1-2-7-21(20)30-23)22(19(25)11-17)29-13-14-4-3-5-18(26)8-14/h1-11H,13H2/b16-9+. The van der Waals surface area contributed by atoms with E-state index < -0.39 is 0 Å². The summed E-state index contributed by atoms with van der Waals surface area (Å²) in [4.78, 5) is 4.35. The third-order valence-corrected chi connectivity index (χ3v) is 4.75. The van der Waals surface area contributed by atoms with Gasteiger partial charge in [-0.05, 0) is 48.0 Å². The highest BCUT2D eigenvalue weighted by atomic mass is 35.5. The Balaban J connectivity index is 1.72. The maximum absolute atomic E-state index is 13.4. The van der Waals surface area contributed by atoms with Crippen LogP contribution in [-0.2, 0) is 6.61 Å². The number of nitrogens with zero attached hydrogens (tertiary/aromatic N) is 2. The molecule has 3 aromatic carbocycles. The maximum Gasteiger partial charge on any atom is 0.238 e. The molecule has 0 saturated heterocycles. The van der Waals surface area contributed by atoms with E-state index in [0.717, 1.165) is 0 Å². The molecule has 4 aromatic rings. The van der Waals surface area contributed by atoms with Crippen LogP contribution in [0.3, 0.4) is 0 Å². The number of fused-ring (bicyclic) bond motifs is 1. The highest BCUT2D eigenvalue weighted by Gasteiger charge is 2.15. The number of halogens is 3. The van der Waals surface area contributed by atoms with Crippen molar-refractivity contribution in [3.05, 3.63) is 93.5 Å². The fourth-order valence-corrected chi connectivity index (χ4v) is 3.47. The van der Waals surface area contributed by atoms with Gasteiger partial charge in [-0.2, -0.15) is 5.26 Å². The minimum atomic E-state index is -0.360. The molecule has 0 N–H and O–H groups in total. The lowest BCUT2D eigenvalue weighted by Gasteiger charge is -2.12. The van der Waals surface area contributed by atoms with Crippen LogP contribution in [0.2, 0.25) is 10.0 Å². The van der Waals surface area contributed by atoms with Crippen LogP contribution in [0.4, 0.5) is 4.39 Å². The first-order chi connectivity index (χ1) is 14.5. The van der Waals surface area contributed by atoms with Gasteiger partial charge in [-0.3, -0.25) is 0 Å². The number of hydrogen-bond acceptors (Lipinski definition) is 4. The molecule has 30 heavy (non-hydrogen) atoms. The summed E-state index contributed by atoms with van der Waals surface area (Å²) in [6.07, 6.45) is 1.55. The van der Waals surface area contributed by atoms with Crippen molar-refractivity contribution in [1.82, 2.24) is 4.98 Å². The van der Waals surface area contributed by atoms with Gasteiger partial charge in [-0.25, -0.2) is 9.37 Å². The molecule has 0 amide bonds. The molecule has 0 atom stereocenters. The summed E-state index contributed by atoms with van der Waals surface area (Å²) in [5, 5.41) is 10.3. The number of rotatable bonds is 5. The van der Waals surface area contributed by atoms with Crippen LogP contribution in [-0.4, -0.2) is 4.98 Å². The van der Waals surface area contributed by atoms with Crippen LogP contribution in [0.1, 0.15) is 17.0 Å². The average Bonchev–Trinajstić information content (AvgIpc) is 3.15. The number of allylic oxidation sites excluding steroid dienone is 1. The first kappa shape index (κ1) is 20.0. The van der Waals surface area contributed by atoms with E-state index in [2.05, 4.69) is 11.1 Å². The van der Waals surface area contributed by atoms with Gasteiger partial charge in [0.15, 0.2) is 5.58 Å². The van der Waals surface area contributed by atoms with Crippen LogP contribution in [0.15, 0.2) is 65.1 Å². The van der Waals surface area contributed by atoms with Crippen LogP contribution < -0.4 is 4.74 Å². The van der Waals surface area contributed by atoms with Crippen molar-refractivity contribution in [2.45, 2.75) is 6.61 Å². The van der Waals surface area contributed by atoms with Gasteiger partial charge in [-0.1, -0.05) is 47.5 Å². The Morgan fingerprint density at radius 3 is 2.73 bits per heavy atom. The molecular weight excluding hydrogens is 426 g/mol. The third kappa shape index (κ3) is 4.30. The number of ether oxygens (including phenoxy) is 1. The Labute approximate surface area is 181 Å². The molecule has 0 radical (unpaired) electrons. The van der Waals surface area contributed by atoms with Crippen LogP contribution >= 0.6 is 23.2 Å². The number of para-hydroxylation sites is 2. The number of benzene rings is 3. The minimum Gasteiger partial charge on any atom is -0.487 e. The summed E-state index contributed by atoms with van der Waals surface area (Å²) in [5.74, 6) is 0.126. The lowest BCUT2D eigenvalue weighted by Crippen LogP contribution is -1.99. The Morgan fingerprint density at radius 1 is 1.13 bits per heavy atom. The van der Waals surface area contributed by atoms with Crippen molar-refractivity contribution < 1.29 is 13.5 Å². The van der Waals surface area contributed by atoms with Crippen molar-refractivity contribution in [2.75, 3.05) is 0 Å². The molecule has 7 heteroatoms. The van der Waals surface area contributed by atoms with Crippen molar-refractivity contribution in [3.63, 3.8) is 0 Å². The fourth-order valence-electron chi connectivity index (χ4n) is 2.91. The second kappa shape index (κ2) is 8.58. The zero-order chi connectivity index (χ0) is 21.1. The summed E-state index contributed by atoms with van der Waals surface area (Å²) in [7, 11) is 0. The highest BCUT2D eigenvalue weighted by Crippen LogP contribution is 2.35. The summed E-state index contributed by atoms with van der Waals surface area (Å²) >= 11 is 12.5. The molecule has 0 aliphatic rings. The predicted molar refractivity (Wildman–Crippen MR) is 115 cm³/mol. The molecule has 0 aliphatic heterocycles. The van der Waals surface area contributed by atoms with E-state index in [1.165, 1.54) is 18.2 Å². The second-order valence-electron chi connectivity index (χ2n) is 6.38. The molecule has 148 valence electrons. The average molecular weight is 439 g/mol. The third-order valence-electron chi connectivity index (χ3n) is 4.25. The van der Waals surface area contributed by atoms with Crippen molar-refractivity contribution in [3.8, 4) is 11.8 Å². The van der Waals surface area contributed by atoms with E-state index in [4.69, 9.17) is 32.4 Å². The van der Waals surface area contributed by atoms with Gasteiger partial charge in [0.1, 0.15) is 35.3 Å². The molecule has 0 aliphatic carbocycles. The lowest BCUT2D eigenvalue weighted by molar-refractivity contribution is 0.305. The summed E-state index contributed by atoms with van der Waals surface area (Å²) < 4.78 is 25.0. The van der Waals surface area contributed by atoms with E-state index in [1.54, 1.807) is 36.4 Å². The van der Waals surface area contributed by atoms with Gasteiger partial charge >= 0.3 is 0 Å². The Morgan fingerprint density at radius 2 is 1.97 bits per heavy atom. The molecule has 4 nitrogen and oxygen atoms in total. The fraction of sp³-hybridized carbons (Fsp3) is 0.0435. The molecule has 4 rings (SSSR count). The predicted octanol–water partition coefficient (Wildman–Crippen LogP) is 6.92. The van der Waals surface area contributed by atoms with Crippen LogP contribution in [0.5, 0.6) is 5.75 Å². The van der Waals surface area contributed by atoms with E-state index in [-0.39, 0.29) is 28.9 Å². The molecule has 0 unspecified atom stereocenters. The lowest BCUT2D eigenvalue weighted by atomic mass is 10.1. The Hall–Kier alpha value is -3.33. The van der Waals surface area contributed by atoms with E-state index in [1.807, 2.05) is 12.1 Å². The SMILES string of the molecule is N#C/C(=C\c1cc(Cl)cc(Cl)c1OCc1cccc(F)c1)c1nc2ccccc2o1. The number of nitriles is 1. The maximum atomic E-state index is 13.4. The molecule has 0 spiro atoms. The normalized spacial score (nSPS) is 11.5. The topological polar surface area (TPSA) is 59.0 Å². The van der Waals surface area contributed by atoms with Crippen molar-refractivity contribution in [1.29, 1.82) is 5.26 Å². The Bertz CT molecular complexity index is 1280. The second-order valence-corrected chi connectivity index (χ2v) is 7.22. The van der Waals surface area contributed by atoms with E-state index in [0.29, 0.717) is 33.0 Å². The Kier molecular flexibility index (Phi) is 5.71. The first-order valence-corrected chi connectivity index (χ1v) is 9.63. The van der Waals surface area contributed by atoms with E-state index in [9.17, 15) is 9.65 Å². The van der Waals surface area contributed by atoms with E-state index >= 15 is 0 Å². The van der Waals surface area contributed by atoms with Gasteiger partial charge in [0, 0.05) is 10.6 Å². The largest absolute Gasteiger partial charge is 0.487 e. The van der Waals surface area contributed by atoms with Crippen LogP contribution in [0, 0.1) is 17.1 Å². The van der Waals surface area contributed by atoms with Gasteiger partial charge in [0.05, 0.1) is 5.02 Å². The van der Waals surface area contributed by atoms with Crippen molar-refractivity contribution in [2.24, 2.45) is 0 Å². The van der Waals surface area contributed by atoms with Crippen molar-refractivity contribution >= 4 is 46.0 Å². The quantitative estimate of drug-likeness (QED) is 0.317. The van der Waals surface area contributed by atoms with Gasteiger partial charge in [0.25, 0.3) is 0 Å². The van der Waals surface area contributed by atoms with Gasteiger partial charge < -0.3 is 9.15 Å². The summed E-state index contributed by atoms with van der Waals surface area (Å²) in [6.45, 7) is 0.0880. The zero-order valence-corrected chi connectivity index (χ0v) is 16.9. The number of hydrogen-bond donors (Lipinski definition) is 0. The zero-order valence-electron chi connectivity index (χ0n) is 15.4. The van der Waals surface area contributed by atoms with Gasteiger partial charge in [0.2, 0.25) is 5.89 Å². The minimum absolute atomic E-state index is 0.0880. The summed E-state index contributed by atoms with van der Waals surface area (Å²) in [6, 6.07) is 18.5. The molecule has 1 aromatic heterocycles. The monoisotopic (exact) mass is 438 g/mol. The molecular formula is C23H13Cl2FN2O2.